The Labute approximate surface area is 127 Å². The van der Waals surface area contributed by atoms with E-state index in [-0.39, 0.29) is 11.5 Å². The van der Waals surface area contributed by atoms with E-state index in [0.29, 0.717) is 17.0 Å². The van der Waals surface area contributed by atoms with Gasteiger partial charge in [-0.05, 0) is 45.3 Å². The van der Waals surface area contributed by atoms with Crippen LogP contribution in [0.2, 0.25) is 0 Å². The van der Waals surface area contributed by atoms with Crippen LogP contribution in [0.5, 0.6) is 0 Å². The zero-order valence-corrected chi connectivity index (χ0v) is 12.8. The molecular weight excluding hydrogens is 284 g/mol. The highest BCUT2D eigenvalue weighted by molar-refractivity contribution is 5.75. The van der Waals surface area contributed by atoms with Crippen molar-refractivity contribution in [3.05, 3.63) is 52.1 Å². The number of halogens is 2. The molecule has 114 valence electrons. The number of allylic oxidation sites excluding steroid dienone is 3. The van der Waals surface area contributed by atoms with Crippen LogP contribution >= 0.6 is 0 Å². The van der Waals surface area contributed by atoms with Gasteiger partial charge in [0.1, 0.15) is 5.83 Å². The van der Waals surface area contributed by atoms with E-state index in [1.54, 1.807) is 20.0 Å². The monoisotopic (exact) mass is 301 g/mol. The normalized spacial score (nSPS) is 20.9. The molecule has 0 bridgehead atoms. The highest BCUT2D eigenvalue weighted by Gasteiger charge is 2.18. The molecule has 2 aromatic rings. The van der Waals surface area contributed by atoms with Gasteiger partial charge >= 0.3 is 0 Å². The lowest BCUT2D eigenvalue weighted by Crippen LogP contribution is -1.99. The fraction of sp³-hybridized carbons (Fsp3) is 0.294. The highest BCUT2D eigenvalue weighted by Crippen LogP contribution is 2.32. The Hall–Kier alpha value is -2.30. The predicted molar refractivity (Wildman–Crippen MR) is 82.3 cm³/mol. The second kappa shape index (κ2) is 5.48. The predicted octanol–water partition coefficient (Wildman–Crippen LogP) is 4.51. The van der Waals surface area contributed by atoms with Gasteiger partial charge in [-0.25, -0.2) is 18.7 Å². The molecule has 1 aliphatic carbocycles. The van der Waals surface area contributed by atoms with Crippen molar-refractivity contribution >= 4 is 6.08 Å². The zero-order valence-electron chi connectivity index (χ0n) is 12.8. The van der Waals surface area contributed by atoms with Gasteiger partial charge in [-0.2, -0.15) is 0 Å². The van der Waals surface area contributed by atoms with Crippen LogP contribution in [0.15, 0.2) is 29.4 Å². The van der Waals surface area contributed by atoms with Crippen LogP contribution in [0.1, 0.15) is 37.2 Å². The molecule has 0 saturated carbocycles. The third-order valence-corrected chi connectivity index (χ3v) is 4.19. The van der Waals surface area contributed by atoms with Crippen LogP contribution in [-0.2, 0) is 6.42 Å². The minimum atomic E-state index is -0.446. The standard InChI is InChI=1S/C17H17F2N3/c1-9-4-5-16-12(6-14(18)10(9)2)13(7-20-16)17-21-8-15(19)11(3)22-17/h6-8,20H,4-5H2,1-3H3/b10-9+,14-6+. The summed E-state index contributed by atoms with van der Waals surface area (Å²) < 4.78 is 27.7. The Morgan fingerprint density at radius 3 is 2.64 bits per heavy atom. The molecule has 3 rings (SSSR count). The molecule has 0 unspecified atom stereocenters. The first-order valence-electron chi connectivity index (χ1n) is 7.21. The summed E-state index contributed by atoms with van der Waals surface area (Å²) in [6, 6.07) is 0. The van der Waals surface area contributed by atoms with E-state index in [1.165, 1.54) is 6.08 Å². The summed E-state index contributed by atoms with van der Waals surface area (Å²) in [4.78, 5) is 11.4. The summed E-state index contributed by atoms with van der Waals surface area (Å²) >= 11 is 0. The first-order valence-corrected chi connectivity index (χ1v) is 7.21. The Kier molecular flexibility index (Phi) is 3.64. The van der Waals surface area contributed by atoms with E-state index in [4.69, 9.17) is 0 Å². The topological polar surface area (TPSA) is 41.6 Å². The summed E-state index contributed by atoms with van der Waals surface area (Å²) in [7, 11) is 0. The minimum absolute atomic E-state index is 0.252. The molecule has 0 spiro atoms. The molecule has 3 nitrogen and oxygen atoms in total. The maximum atomic E-state index is 14.4. The van der Waals surface area contributed by atoms with Gasteiger partial charge in [0, 0.05) is 23.0 Å². The largest absolute Gasteiger partial charge is 0.364 e. The Morgan fingerprint density at radius 1 is 1.14 bits per heavy atom. The van der Waals surface area contributed by atoms with Crippen LogP contribution in [0.3, 0.4) is 0 Å². The van der Waals surface area contributed by atoms with Gasteiger partial charge < -0.3 is 4.98 Å². The number of nitrogens with one attached hydrogen (secondary N) is 1. The lowest BCUT2D eigenvalue weighted by molar-refractivity contribution is 0.602. The van der Waals surface area contributed by atoms with Crippen LogP contribution in [-0.4, -0.2) is 15.0 Å². The van der Waals surface area contributed by atoms with Crippen molar-refractivity contribution in [2.24, 2.45) is 0 Å². The maximum Gasteiger partial charge on any atom is 0.162 e. The first-order chi connectivity index (χ1) is 10.5. The second-order valence-corrected chi connectivity index (χ2v) is 5.62. The number of aromatic amines is 1. The third-order valence-electron chi connectivity index (χ3n) is 4.19. The molecule has 1 aliphatic rings. The van der Waals surface area contributed by atoms with Gasteiger partial charge in [-0.15, -0.1) is 0 Å². The fourth-order valence-corrected chi connectivity index (χ4v) is 2.56. The van der Waals surface area contributed by atoms with Crippen molar-refractivity contribution in [1.29, 1.82) is 0 Å². The fourth-order valence-electron chi connectivity index (χ4n) is 2.56. The zero-order chi connectivity index (χ0) is 15.9. The smallest absolute Gasteiger partial charge is 0.162 e. The van der Waals surface area contributed by atoms with E-state index < -0.39 is 5.82 Å². The second-order valence-electron chi connectivity index (χ2n) is 5.62. The van der Waals surface area contributed by atoms with Crippen LogP contribution < -0.4 is 0 Å². The van der Waals surface area contributed by atoms with Gasteiger partial charge in [0.25, 0.3) is 0 Å². The molecule has 0 atom stereocenters. The maximum absolute atomic E-state index is 14.4. The number of hydrogen-bond donors (Lipinski definition) is 1. The molecular formula is C17H17F2N3. The summed E-state index contributed by atoms with van der Waals surface area (Å²) in [6.07, 6.45) is 6.01. The Morgan fingerprint density at radius 2 is 1.91 bits per heavy atom. The molecule has 0 radical (unpaired) electrons. The molecule has 0 fully saturated rings. The van der Waals surface area contributed by atoms with E-state index in [1.807, 2.05) is 6.92 Å². The van der Waals surface area contributed by atoms with Crippen molar-refractivity contribution in [2.45, 2.75) is 33.6 Å². The summed E-state index contributed by atoms with van der Waals surface area (Å²) in [5.74, 6) is -0.296. The van der Waals surface area contributed by atoms with E-state index in [0.717, 1.165) is 35.9 Å². The molecule has 1 N–H and O–H groups in total. The highest BCUT2D eigenvalue weighted by atomic mass is 19.1. The number of H-pyrrole nitrogens is 1. The minimum Gasteiger partial charge on any atom is -0.364 e. The van der Waals surface area contributed by atoms with Gasteiger partial charge in [0.05, 0.1) is 11.9 Å². The SMILES string of the molecule is C/C1=C(C)\C(F)=C/c2c(-c3ncc(F)c(C)n3)c[nH]c2CC1. The lowest BCUT2D eigenvalue weighted by atomic mass is 9.96. The Balaban J connectivity index is 2.15. The van der Waals surface area contributed by atoms with Crippen LogP contribution in [0, 0.1) is 12.7 Å². The number of aromatic nitrogens is 3. The van der Waals surface area contributed by atoms with Gasteiger partial charge in [-0.3, -0.25) is 0 Å². The van der Waals surface area contributed by atoms with Gasteiger partial charge in [0.15, 0.2) is 11.6 Å². The van der Waals surface area contributed by atoms with Crippen molar-refractivity contribution in [3.63, 3.8) is 0 Å². The van der Waals surface area contributed by atoms with Crippen LogP contribution in [0.4, 0.5) is 8.78 Å². The number of fused-ring (bicyclic) bond motifs is 1. The number of nitrogens with zero attached hydrogens (tertiary/aromatic N) is 2. The van der Waals surface area contributed by atoms with Gasteiger partial charge in [-0.1, -0.05) is 5.57 Å². The third kappa shape index (κ3) is 2.47. The van der Waals surface area contributed by atoms with E-state index in [9.17, 15) is 8.78 Å². The lowest BCUT2D eigenvalue weighted by Gasteiger charge is -2.11. The van der Waals surface area contributed by atoms with Crippen molar-refractivity contribution in [3.8, 4) is 11.4 Å². The molecule has 0 saturated heterocycles. The van der Waals surface area contributed by atoms with Crippen LogP contribution in [0.25, 0.3) is 17.5 Å². The average molecular weight is 301 g/mol. The molecule has 0 aromatic carbocycles. The van der Waals surface area contributed by atoms with Crippen molar-refractivity contribution < 1.29 is 8.78 Å². The van der Waals surface area contributed by atoms with Crippen molar-refractivity contribution in [2.75, 3.05) is 0 Å². The van der Waals surface area contributed by atoms with Crippen molar-refractivity contribution in [1.82, 2.24) is 15.0 Å². The quantitative estimate of drug-likeness (QED) is 0.842. The molecule has 2 aromatic heterocycles. The number of rotatable bonds is 1. The summed E-state index contributed by atoms with van der Waals surface area (Å²) in [5.41, 5.74) is 4.39. The summed E-state index contributed by atoms with van der Waals surface area (Å²) in [5, 5.41) is 0. The Bertz CT molecular complexity index is 800. The van der Waals surface area contributed by atoms with E-state index >= 15 is 0 Å². The average Bonchev–Trinajstić information content (AvgIpc) is 2.88. The van der Waals surface area contributed by atoms with Gasteiger partial charge in [0.2, 0.25) is 0 Å². The number of hydrogen-bond acceptors (Lipinski definition) is 2. The summed E-state index contributed by atoms with van der Waals surface area (Å²) in [6.45, 7) is 5.32. The molecule has 0 amide bonds. The first kappa shape index (κ1) is 14.6. The molecule has 2 heterocycles. The number of aryl methyl sites for hydroxylation is 2. The molecule has 22 heavy (non-hydrogen) atoms. The molecule has 5 heteroatoms. The van der Waals surface area contributed by atoms with E-state index in [2.05, 4.69) is 15.0 Å². The molecule has 0 aliphatic heterocycles.